The van der Waals surface area contributed by atoms with Gasteiger partial charge in [-0.05, 0) is 32.0 Å². The second kappa shape index (κ2) is 5.77. The quantitative estimate of drug-likeness (QED) is 0.810. The molecule has 0 bridgehead atoms. The second-order valence-electron chi connectivity index (χ2n) is 4.88. The standard InChI is InChI=1S/C13H21N3O/c1-10-5-4-6-11(16-10)9-15-12(17)13(2,3)7-8-14/h4-6H,7-9,14H2,1-3H3,(H,15,17). The highest BCUT2D eigenvalue weighted by Gasteiger charge is 2.26. The lowest BCUT2D eigenvalue weighted by atomic mass is 9.88. The Kier molecular flexibility index (Phi) is 4.63. The fourth-order valence-electron chi connectivity index (χ4n) is 1.58. The topological polar surface area (TPSA) is 68.0 Å². The van der Waals surface area contributed by atoms with Crippen molar-refractivity contribution >= 4 is 5.91 Å². The van der Waals surface area contributed by atoms with Crippen LogP contribution in [0.5, 0.6) is 0 Å². The first kappa shape index (κ1) is 13.6. The molecule has 0 saturated heterocycles. The van der Waals surface area contributed by atoms with Crippen LogP contribution in [0.25, 0.3) is 0 Å². The van der Waals surface area contributed by atoms with E-state index < -0.39 is 5.41 Å². The average Bonchev–Trinajstić information content (AvgIpc) is 2.26. The molecule has 4 heteroatoms. The minimum Gasteiger partial charge on any atom is -0.350 e. The first-order chi connectivity index (χ1) is 7.95. The van der Waals surface area contributed by atoms with Gasteiger partial charge in [0.25, 0.3) is 0 Å². The molecule has 0 unspecified atom stereocenters. The Hall–Kier alpha value is -1.42. The maximum absolute atomic E-state index is 11.9. The van der Waals surface area contributed by atoms with E-state index in [0.29, 0.717) is 19.5 Å². The number of pyridine rings is 1. The van der Waals surface area contributed by atoms with Crippen LogP contribution in [0.3, 0.4) is 0 Å². The summed E-state index contributed by atoms with van der Waals surface area (Å²) < 4.78 is 0. The minimum atomic E-state index is -0.418. The largest absolute Gasteiger partial charge is 0.350 e. The van der Waals surface area contributed by atoms with Crippen LogP contribution in [0.1, 0.15) is 31.7 Å². The lowest BCUT2D eigenvalue weighted by Crippen LogP contribution is -2.38. The van der Waals surface area contributed by atoms with Gasteiger partial charge >= 0.3 is 0 Å². The normalized spacial score (nSPS) is 11.3. The maximum Gasteiger partial charge on any atom is 0.226 e. The van der Waals surface area contributed by atoms with Crippen LogP contribution in [-0.4, -0.2) is 17.4 Å². The number of hydrogen-bond acceptors (Lipinski definition) is 3. The van der Waals surface area contributed by atoms with Crippen molar-refractivity contribution in [2.75, 3.05) is 6.54 Å². The van der Waals surface area contributed by atoms with E-state index in [1.165, 1.54) is 0 Å². The zero-order valence-corrected chi connectivity index (χ0v) is 10.8. The molecule has 17 heavy (non-hydrogen) atoms. The molecule has 0 fully saturated rings. The molecule has 3 N–H and O–H groups in total. The van der Waals surface area contributed by atoms with Gasteiger partial charge in [0.15, 0.2) is 0 Å². The monoisotopic (exact) mass is 235 g/mol. The fraction of sp³-hybridized carbons (Fsp3) is 0.538. The summed E-state index contributed by atoms with van der Waals surface area (Å²) in [5, 5.41) is 2.89. The van der Waals surface area contributed by atoms with Gasteiger partial charge in [-0.1, -0.05) is 19.9 Å². The predicted molar refractivity (Wildman–Crippen MR) is 68.3 cm³/mol. The van der Waals surface area contributed by atoms with Crippen molar-refractivity contribution in [1.82, 2.24) is 10.3 Å². The molecule has 1 aromatic rings. The highest BCUT2D eigenvalue weighted by atomic mass is 16.2. The molecule has 1 heterocycles. The van der Waals surface area contributed by atoms with Gasteiger partial charge in [-0.2, -0.15) is 0 Å². The number of rotatable bonds is 5. The maximum atomic E-state index is 11.9. The minimum absolute atomic E-state index is 0.0197. The number of amides is 1. The van der Waals surface area contributed by atoms with Crippen LogP contribution in [0.2, 0.25) is 0 Å². The summed E-state index contributed by atoms with van der Waals surface area (Å²) in [5.74, 6) is 0.0197. The van der Waals surface area contributed by atoms with Gasteiger partial charge in [0.05, 0.1) is 12.2 Å². The summed E-state index contributed by atoms with van der Waals surface area (Å²) in [6.07, 6.45) is 0.681. The third kappa shape index (κ3) is 4.15. The van der Waals surface area contributed by atoms with Crippen LogP contribution in [0.15, 0.2) is 18.2 Å². The Morgan fingerprint density at radius 3 is 2.76 bits per heavy atom. The Balaban J connectivity index is 2.54. The van der Waals surface area contributed by atoms with E-state index in [2.05, 4.69) is 10.3 Å². The number of nitrogens with two attached hydrogens (primary N) is 1. The van der Waals surface area contributed by atoms with Crippen molar-refractivity contribution in [2.45, 2.75) is 33.7 Å². The SMILES string of the molecule is Cc1cccc(CNC(=O)C(C)(C)CCN)n1. The molecule has 0 radical (unpaired) electrons. The van der Waals surface area contributed by atoms with Crippen molar-refractivity contribution < 1.29 is 4.79 Å². The number of nitrogens with zero attached hydrogens (tertiary/aromatic N) is 1. The van der Waals surface area contributed by atoms with E-state index in [-0.39, 0.29) is 5.91 Å². The van der Waals surface area contributed by atoms with Gasteiger partial charge in [0.2, 0.25) is 5.91 Å². The van der Waals surface area contributed by atoms with E-state index in [1.54, 1.807) is 0 Å². The third-order valence-electron chi connectivity index (χ3n) is 2.76. The molecule has 94 valence electrons. The molecule has 4 nitrogen and oxygen atoms in total. The molecule has 1 aromatic heterocycles. The highest BCUT2D eigenvalue weighted by molar-refractivity contribution is 5.81. The van der Waals surface area contributed by atoms with Gasteiger partial charge < -0.3 is 11.1 Å². The van der Waals surface area contributed by atoms with E-state index in [9.17, 15) is 4.79 Å². The first-order valence-corrected chi connectivity index (χ1v) is 5.86. The van der Waals surface area contributed by atoms with E-state index in [4.69, 9.17) is 5.73 Å². The van der Waals surface area contributed by atoms with Gasteiger partial charge in [0.1, 0.15) is 0 Å². The van der Waals surface area contributed by atoms with Crippen LogP contribution in [0, 0.1) is 12.3 Å². The average molecular weight is 235 g/mol. The van der Waals surface area contributed by atoms with Gasteiger partial charge in [-0.15, -0.1) is 0 Å². The van der Waals surface area contributed by atoms with Crippen molar-refractivity contribution in [1.29, 1.82) is 0 Å². The summed E-state index contributed by atoms with van der Waals surface area (Å²) >= 11 is 0. The van der Waals surface area contributed by atoms with Gasteiger partial charge in [-0.25, -0.2) is 0 Å². The lowest BCUT2D eigenvalue weighted by molar-refractivity contribution is -0.129. The molecular formula is C13H21N3O. The molecule has 0 aliphatic rings. The summed E-state index contributed by atoms with van der Waals surface area (Å²) in [6, 6.07) is 5.78. The summed E-state index contributed by atoms with van der Waals surface area (Å²) in [6.45, 7) is 6.72. The van der Waals surface area contributed by atoms with E-state index >= 15 is 0 Å². The summed E-state index contributed by atoms with van der Waals surface area (Å²) in [4.78, 5) is 16.3. The molecule has 0 aliphatic heterocycles. The Labute approximate surface area is 103 Å². The zero-order valence-electron chi connectivity index (χ0n) is 10.8. The van der Waals surface area contributed by atoms with Crippen LogP contribution >= 0.6 is 0 Å². The van der Waals surface area contributed by atoms with E-state index in [1.807, 2.05) is 39.0 Å². The molecule has 0 aliphatic carbocycles. The summed E-state index contributed by atoms with van der Waals surface area (Å²) in [7, 11) is 0. The number of aryl methyl sites for hydroxylation is 1. The Bertz CT molecular complexity index is 388. The number of nitrogens with one attached hydrogen (secondary N) is 1. The van der Waals surface area contributed by atoms with Gasteiger partial charge in [0, 0.05) is 11.1 Å². The number of carbonyl (C=O) groups is 1. The Morgan fingerprint density at radius 1 is 1.47 bits per heavy atom. The zero-order chi connectivity index (χ0) is 12.9. The highest BCUT2D eigenvalue weighted by Crippen LogP contribution is 2.19. The van der Waals surface area contributed by atoms with Gasteiger partial charge in [-0.3, -0.25) is 9.78 Å². The molecular weight excluding hydrogens is 214 g/mol. The number of hydrogen-bond donors (Lipinski definition) is 2. The van der Waals surface area contributed by atoms with Crippen molar-refractivity contribution in [3.63, 3.8) is 0 Å². The smallest absolute Gasteiger partial charge is 0.226 e. The fourth-order valence-corrected chi connectivity index (χ4v) is 1.58. The van der Waals surface area contributed by atoms with Crippen LogP contribution in [-0.2, 0) is 11.3 Å². The number of carbonyl (C=O) groups excluding carboxylic acids is 1. The van der Waals surface area contributed by atoms with Crippen LogP contribution in [0.4, 0.5) is 0 Å². The van der Waals surface area contributed by atoms with E-state index in [0.717, 1.165) is 11.4 Å². The molecule has 0 aromatic carbocycles. The van der Waals surface area contributed by atoms with Crippen molar-refractivity contribution in [2.24, 2.45) is 11.1 Å². The lowest BCUT2D eigenvalue weighted by Gasteiger charge is -2.22. The van der Waals surface area contributed by atoms with Crippen LogP contribution < -0.4 is 11.1 Å². The predicted octanol–water partition coefficient (Wildman–Crippen LogP) is 1.38. The molecule has 1 rings (SSSR count). The third-order valence-corrected chi connectivity index (χ3v) is 2.76. The number of aromatic nitrogens is 1. The molecule has 0 spiro atoms. The molecule has 0 saturated carbocycles. The van der Waals surface area contributed by atoms with Crippen molar-refractivity contribution in [3.05, 3.63) is 29.6 Å². The van der Waals surface area contributed by atoms with Crippen molar-refractivity contribution in [3.8, 4) is 0 Å². The Morgan fingerprint density at radius 2 is 2.18 bits per heavy atom. The second-order valence-corrected chi connectivity index (χ2v) is 4.88. The summed E-state index contributed by atoms with van der Waals surface area (Å²) in [5.41, 5.74) is 6.90. The first-order valence-electron chi connectivity index (χ1n) is 5.86. The molecule has 0 atom stereocenters. The molecule has 1 amide bonds.